The fourth-order valence-corrected chi connectivity index (χ4v) is 3.33. The molecule has 2 aromatic carbocycles. The third kappa shape index (κ3) is 5.83. The van der Waals surface area contributed by atoms with Crippen LogP contribution in [0.1, 0.15) is 17.5 Å². The van der Waals surface area contributed by atoms with Crippen LogP contribution < -0.4 is 9.47 Å². The molecule has 0 radical (unpaired) electrons. The second-order valence-corrected chi connectivity index (χ2v) is 6.98. The van der Waals surface area contributed by atoms with E-state index in [9.17, 15) is 4.39 Å². The van der Waals surface area contributed by atoms with Crippen LogP contribution in [0.5, 0.6) is 11.5 Å². The molecule has 1 aliphatic rings. The average molecular weight is 394 g/mol. The Labute approximate surface area is 164 Å². The molecule has 4 nitrogen and oxygen atoms in total. The standard InChI is InChI=1S/C21H25ClFNO3/c1-25-21-7-4-16(3-2-8-24-9-11-26-12-10-24)13-17(21)15-27-18-5-6-20(23)19(22)14-18/h4-7,13-14H,2-3,8-12,15H2,1H3. The van der Waals surface area contributed by atoms with Gasteiger partial charge < -0.3 is 14.2 Å². The minimum Gasteiger partial charge on any atom is -0.496 e. The highest BCUT2D eigenvalue weighted by molar-refractivity contribution is 6.30. The quantitative estimate of drug-likeness (QED) is 0.668. The van der Waals surface area contributed by atoms with Gasteiger partial charge in [0.2, 0.25) is 0 Å². The van der Waals surface area contributed by atoms with Crippen molar-refractivity contribution in [2.24, 2.45) is 0 Å². The first kappa shape index (κ1) is 19.9. The summed E-state index contributed by atoms with van der Waals surface area (Å²) in [7, 11) is 1.64. The molecular weight excluding hydrogens is 369 g/mol. The van der Waals surface area contributed by atoms with Crippen LogP contribution in [-0.4, -0.2) is 44.9 Å². The summed E-state index contributed by atoms with van der Waals surface area (Å²) in [6.07, 6.45) is 2.09. The Kier molecular flexibility index (Phi) is 7.33. The third-order valence-corrected chi connectivity index (χ3v) is 4.96. The van der Waals surface area contributed by atoms with E-state index in [1.54, 1.807) is 13.2 Å². The molecule has 3 rings (SSSR count). The minimum atomic E-state index is -0.455. The van der Waals surface area contributed by atoms with Crippen LogP contribution in [0.25, 0.3) is 0 Å². The van der Waals surface area contributed by atoms with Gasteiger partial charge in [0, 0.05) is 24.7 Å². The summed E-state index contributed by atoms with van der Waals surface area (Å²) in [5, 5.41) is 0.0522. The van der Waals surface area contributed by atoms with E-state index in [1.165, 1.54) is 17.7 Å². The van der Waals surface area contributed by atoms with Crippen molar-refractivity contribution in [2.45, 2.75) is 19.4 Å². The Morgan fingerprint density at radius 2 is 1.96 bits per heavy atom. The fourth-order valence-electron chi connectivity index (χ4n) is 3.16. The van der Waals surface area contributed by atoms with Gasteiger partial charge in [-0.2, -0.15) is 0 Å². The van der Waals surface area contributed by atoms with Crippen molar-refractivity contribution >= 4 is 11.6 Å². The van der Waals surface area contributed by atoms with E-state index in [4.69, 9.17) is 25.8 Å². The van der Waals surface area contributed by atoms with E-state index in [-0.39, 0.29) is 5.02 Å². The molecule has 0 saturated carbocycles. The summed E-state index contributed by atoms with van der Waals surface area (Å²) in [6.45, 7) is 5.11. The molecule has 1 saturated heterocycles. The Morgan fingerprint density at radius 1 is 1.15 bits per heavy atom. The molecule has 0 aromatic heterocycles. The van der Waals surface area contributed by atoms with Crippen LogP contribution >= 0.6 is 11.6 Å². The number of hydrogen-bond donors (Lipinski definition) is 0. The number of nitrogens with zero attached hydrogens (tertiary/aromatic N) is 1. The van der Waals surface area contributed by atoms with Crippen molar-refractivity contribution in [2.75, 3.05) is 40.0 Å². The molecule has 27 heavy (non-hydrogen) atoms. The molecule has 0 aliphatic carbocycles. The highest BCUT2D eigenvalue weighted by Gasteiger charge is 2.11. The molecule has 146 valence electrons. The minimum absolute atomic E-state index is 0.0522. The van der Waals surface area contributed by atoms with E-state index in [0.717, 1.165) is 57.0 Å². The SMILES string of the molecule is COc1ccc(CCCN2CCOCC2)cc1COc1ccc(F)c(Cl)c1. The van der Waals surface area contributed by atoms with Gasteiger partial charge >= 0.3 is 0 Å². The number of aryl methyl sites for hydroxylation is 1. The first-order valence-corrected chi connectivity index (χ1v) is 9.57. The molecular formula is C21H25ClFNO3. The predicted octanol–water partition coefficient (Wildman–Crippen LogP) is 4.33. The van der Waals surface area contributed by atoms with Crippen LogP contribution in [0.15, 0.2) is 36.4 Å². The Balaban J connectivity index is 1.58. The second-order valence-electron chi connectivity index (χ2n) is 6.57. The average Bonchev–Trinajstić information content (AvgIpc) is 2.70. The van der Waals surface area contributed by atoms with Crippen molar-refractivity contribution in [3.05, 3.63) is 58.4 Å². The van der Waals surface area contributed by atoms with Crippen molar-refractivity contribution in [3.63, 3.8) is 0 Å². The number of rotatable bonds is 8. The van der Waals surface area contributed by atoms with Gasteiger partial charge in [0.1, 0.15) is 23.9 Å². The number of benzene rings is 2. The maximum atomic E-state index is 13.3. The summed E-state index contributed by atoms with van der Waals surface area (Å²) in [5.41, 5.74) is 2.21. The Bertz CT molecular complexity index is 750. The summed E-state index contributed by atoms with van der Waals surface area (Å²) in [6, 6.07) is 10.5. The lowest BCUT2D eigenvalue weighted by molar-refractivity contribution is 0.0374. The van der Waals surface area contributed by atoms with Crippen molar-refractivity contribution < 1.29 is 18.6 Å². The highest BCUT2D eigenvalue weighted by atomic mass is 35.5. The molecule has 2 aromatic rings. The number of morpholine rings is 1. The molecule has 1 heterocycles. The maximum Gasteiger partial charge on any atom is 0.142 e. The van der Waals surface area contributed by atoms with Gasteiger partial charge in [-0.05, 0) is 49.2 Å². The molecule has 0 bridgehead atoms. The largest absolute Gasteiger partial charge is 0.496 e. The lowest BCUT2D eigenvalue weighted by atomic mass is 10.1. The van der Waals surface area contributed by atoms with E-state index >= 15 is 0 Å². The van der Waals surface area contributed by atoms with E-state index in [1.807, 2.05) is 6.07 Å². The van der Waals surface area contributed by atoms with Crippen LogP contribution in [0, 0.1) is 5.82 Å². The zero-order valence-corrected chi connectivity index (χ0v) is 16.3. The monoisotopic (exact) mass is 393 g/mol. The smallest absolute Gasteiger partial charge is 0.142 e. The fraction of sp³-hybridized carbons (Fsp3) is 0.429. The van der Waals surface area contributed by atoms with Gasteiger partial charge in [-0.1, -0.05) is 17.7 Å². The molecule has 0 spiro atoms. The van der Waals surface area contributed by atoms with Gasteiger partial charge in [-0.3, -0.25) is 4.90 Å². The summed E-state index contributed by atoms with van der Waals surface area (Å²) in [4.78, 5) is 2.44. The van der Waals surface area contributed by atoms with Gasteiger partial charge in [-0.25, -0.2) is 4.39 Å². The van der Waals surface area contributed by atoms with E-state index in [0.29, 0.717) is 12.4 Å². The number of ether oxygens (including phenoxy) is 3. The number of methoxy groups -OCH3 is 1. The van der Waals surface area contributed by atoms with Crippen LogP contribution in [0.4, 0.5) is 4.39 Å². The lowest BCUT2D eigenvalue weighted by Crippen LogP contribution is -2.36. The van der Waals surface area contributed by atoms with Gasteiger partial charge in [0.15, 0.2) is 0 Å². The zero-order valence-electron chi connectivity index (χ0n) is 15.5. The molecule has 0 amide bonds. The first-order valence-electron chi connectivity index (χ1n) is 9.19. The third-order valence-electron chi connectivity index (χ3n) is 4.67. The molecule has 0 unspecified atom stereocenters. The topological polar surface area (TPSA) is 30.9 Å². The van der Waals surface area contributed by atoms with Crippen LogP contribution in [0.3, 0.4) is 0 Å². The lowest BCUT2D eigenvalue weighted by Gasteiger charge is -2.26. The van der Waals surface area contributed by atoms with Crippen molar-refractivity contribution in [1.82, 2.24) is 4.90 Å². The Hall–Kier alpha value is -1.82. The van der Waals surface area contributed by atoms with Gasteiger partial charge in [-0.15, -0.1) is 0 Å². The van der Waals surface area contributed by atoms with Crippen LogP contribution in [0.2, 0.25) is 5.02 Å². The normalized spacial score (nSPS) is 14.9. The van der Waals surface area contributed by atoms with E-state index in [2.05, 4.69) is 17.0 Å². The number of hydrogen-bond acceptors (Lipinski definition) is 4. The Morgan fingerprint density at radius 3 is 2.70 bits per heavy atom. The van der Waals surface area contributed by atoms with E-state index < -0.39 is 5.82 Å². The maximum absolute atomic E-state index is 13.3. The van der Waals surface area contributed by atoms with Gasteiger partial charge in [0.25, 0.3) is 0 Å². The molecule has 0 N–H and O–H groups in total. The number of halogens is 2. The summed E-state index contributed by atoms with van der Waals surface area (Å²) < 4.78 is 29.9. The molecule has 1 fully saturated rings. The zero-order chi connectivity index (χ0) is 19.1. The van der Waals surface area contributed by atoms with Gasteiger partial charge in [0.05, 0.1) is 25.3 Å². The molecule has 0 atom stereocenters. The first-order chi connectivity index (χ1) is 13.2. The van der Waals surface area contributed by atoms with Crippen molar-refractivity contribution in [1.29, 1.82) is 0 Å². The highest BCUT2D eigenvalue weighted by Crippen LogP contribution is 2.25. The predicted molar refractivity (Wildman–Crippen MR) is 104 cm³/mol. The summed E-state index contributed by atoms with van der Waals surface area (Å²) in [5.74, 6) is 0.852. The molecule has 1 aliphatic heterocycles. The molecule has 6 heteroatoms. The van der Waals surface area contributed by atoms with Crippen molar-refractivity contribution in [3.8, 4) is 11.5 Å². The second kappa shape index (κ2) is 9.93. The summed E-state index contributed by atoms with van der Waals surface area (Å²) >= 11 is 5.81. The van der Waals surface area contributed by atoms with Crippen LogP contribution in [-0.2, 0) is 17.8 Å².